The number of benzene rings is 1. The van der Waals surface area contributed by atoms with Crippen molar-refractivity contribution in [1.82, 2.24) is 15.1 Å². The standard InChI is InChI=1S/C18H24ClN5O4S2/c19-14-3-1-2-4-15(14)29-11-17(25)24(10-16-22-23-18(20)28-16)9-12-5-7-13(8-6-12)30(21,26)27/h1-4,12-13H,5-11H2,(H2,20,23)(H2,21,26,27). The van der Waals surface area contributed by atoms with Gasteiger partial charge in [0.25, 0.3) is 0 Å². The molecule has 1 aromatic heterocycles. The van der Waals surface area contributed by atoms with E-state index in [2.05, 4.69) is 10.2 Å². The molecule has 0 bridgehead atoms. The summed E-state index contributed by atoms with van der Waals surface area (Å²) in [4.78, 5) is 15.4. The number of rotatable bonds is 8. The summed E-state index contributed by atoms with van der Waals surface area (Å²) >= 11 is 7.53. The number of aromatic nitrogens is 2. The van der Waals surface area contributed by atoms with Crippen LogP contribution in [0.2, 0.25) is 5.02 Å². The van der Waals surface area contributed by atoms with E-state index in [-0.39, 0.29) is 36.0 Å². The Hall–Kier alpha value is -1.82. The van der Waals surface area contributed by atoms with Gasteiger partial charge in [0.05, 0.1) is 22.6 Å². The lowest BCUT2D eigenvalue weighted by Crippen LogP contribution is -2.39. The maximum absolute atomic E-state index is 13.0. The Morgan fingerprint density at radius 3 is 2.53 bits per heavy atom. The van der Waals surface area contributed by atoms with Crippen LogP contribution in [0.4, 0.5) is 6.01 Å². The Morgan fingerprint density at radius 2 is 1.93 bits per heavy atom. The highest BCUT2D eigenvalue weighted by molar-refractivity contribution is 8.00. The molecule has 0 saturated heterocycles. The zero-order valence-electron chi connectivity index (χ0n) is 16.2. The molecular formula is C18H24ClN5O4S2. The molecule has 1 heterocycles. The molecule has 1 fully saturated rings. The lowest BCUT2D eigenvalue weighted by atomic mass is 9.88. The van der Waals surface area contributed by atoms with Gasteiger partial charge in [0.2, 0.25) is 21.8 Å². The average molecular weight is 474 g/mol. The van der Waals surface area contributed by atoms with Gasteiger partial charge in [0, 0.05) is 11.4 Å². The first-order valence-corrected chi connectivity index (χ1v) is 12.4. The fourth-order valence-electron chi connectivity index (χ4n) is 3.50. The Bertz CT molecular complexity index is 976. The minimum atomic E-state index is -3.53. The summed E-state index contributed by atoms with van der Waals surface area (Å²) in [5.41, 5.74) is 5.49. The van der Waals surface area contributed by atoms with Crippen molar-refractivity contribution >= 4 is 45.3 Å². The van der Waals surface area contributed by atoms with E-state index in [9.17, 15) is 13.2 Å². The smallest absolute Gasteiger partial charge is 0.312 e. The Morgan fingerprint density at radius 1 is 1.23 bits per heavy atom. The number of thioether (sulfide) groups is 1. The number of amides is 1. The van der Waals surface area contributed by atoms with Crippen molar-refractivity contribution in [2.24, 2.45) is 11.1 Å². The van der Waals surface area contributed by atoms with Crippen LogP contribution < -0.4 is 10.9 Å². The third-order valence-electron chi connectivity index (χ3n) is 5.09. The van der Waals surface area contributed by atoms with Gasteiger partial charge in [0.1, 0.15) is 0 Å². The molecular weight excluding hydrogens is 450 g/mol. The van der Waals surface area contributed by atoms with E-state index in [0.29, 0.717) is 37.3 Å². The molecule has 30 heavy (non-hydrogen) atoms. The van der Waals surface area contributed by atoms with Gasteiger partial charge in [-0.3, -0.25) is 4.79 Å². The largest absolute Gasteiger partial charge is 0.406 e. The van der Waals surface area contributed by atoms with Crippen LogP contribution in [-0.2, 0) is 21.4 Å². The van der Waals surface area contributed by atoms with Crippen molar-refractivity contribution in [3.05, 3.63) is 35.2 Å². The quantitative estimate of drug-likeness (QED) is 0.555. The molecule has 1 aliphatic rings. The first-order chi connectivity index (χ1) is 14.2. The number of carbonyl (C=O) groups is 1. The monoisotopic (exact) mass is 473 g/mol. The van der Waals surface area contributed by atoms with Crippen LogP contribution in [0.5, 0.6) is 0 Å². The summed E-state index contributed by atoms with van der Waals surface area (Å²) < 4.78 is 28.4. The maximum atomic E-state index is 13.0. The Labute approximate surface area is 184 Å². The van der Waals surface area contributed by atoms with Crippen molar-refractivity contribution in [3.8, 4) is 0 Å². The number of carbonyl (C=O) groups excluding carboxylic acids is 1. The number of nitrogens with two attached hydrogens (primary N) is 2. The van der Waals surface area contributed by atoms with Gasteiger partial charge in [-0.25, -0.2) is 13.6 Å². The van der Waals surface area contributed by atoms with Crippen molar-refractivity contribution in [2.75, 3.05) is 18.0 Å². The van der Waals surface area contributed by atoms with Crippen molar-refractivity contribution in [1.29, 1.82) is 0 Å². The number of nitrogen functional groups attached to an aromatic ring is 1. The molecule has 9 nitrogen and oxygen atoms in total. The lowest BCUT2D eigenvalue weighted by Gasteiger charge is -2.31. The fourth-order valence-corrected chi connectivity index (χ4v) is 5.57. The summed E-state index contributed by atoms with van der Waals surface area (Å²) in [5, 5.41) is 12.8. The lowest BCUT2D eigenvalue weighted by molar-refractivity contribution is -0.130. The summed E-state index contributed by atoms with van der Waals surface area (Å²) in [6.07, 6.45) is 2.34. The summed E-state index contributed by atoms with van der Waals surface area (Å²) in [5.74, 6) is 0.504. The van der Waals surface area contributed by atoms with Crippen LogP contribution in [0.25, 0.3) is 0 Å². The molecule has 0 atom stereocenters. The normalized spacial score (nSPS) is 19.5. The molecule has 0 spiro atoms. The molecule has 164 valence electrons. The van der Waals surface area contributed by atoms with Gasteiger partial charge in [0.15, 0.2) is 0 Å². The minimum absolute atomic E-state index is 0.0588. The zero-order chi connectivity index (χ0) is 21.7. The van der Waals surface area contributed by atoms with E-state index >= 15 is 0 Å². The minimum Gasteiger partial charge on any atom is -0.406 e. The van der Waals surface area contributed by atoms with E-state index < -0.39 is 15.3 Å². The fraction of sp³-hybridized carbons (Fsp3) is 0.500. The van der Waals surface area contributed by atoms with Crippen LogP contribution in [0, 0.1) is 5.92 Å². The van der Waals surface area contributed by atoms with Crippen LogP contribution in [0.3, 0.4) is 0 Å². The van der Waals surface area contributed by atoms with Crippen molar-refractivity contribution in [2.45, 2.75) is 42.4 Å². The van der Waals surface area contributed by atoms with Gasteiger partial charge >= 0.3 is 6.01 Å². The van der Waals surface area contributed by atoms with E-state index in [1.807, 2.05) is 18.2 Å². The number of halogens is 1. The summed E-state index contributed by atoms with van der Waals surface area (Å²) in [6, 6.07) is 7.27. The predicted octanol–water partition coefficient (Wildman–Crippen LogP) is 2.27. The number of anilines is 1. The number of hydrogen-bond acceptors (Lipinski definition) is 8. The molecule has 2 aromatic rings. The molecule has 4 N–H and O–H groups in total. The van der Waals surface area contributed by atoms with E-state index in [4.69, 9.17) is 26.9 Å². The second-order valence-corrected chi connectivity index (χ2v) is 10.5. The summed E-state index contributed by atoms with van der Waals surface area (Å²) in [6.45, 7) is 0.600. The van der Waals surface area contributed by atoms with Gasteiger partial charge in [-0.2, -0.15) is 0 Å². The predicted molar refractivity (Wildman–Crippen MR) is 115 cm³/mol. The molecule has 0 radical (unpaired) electrons. The first kappa shape index (κ1) is 22.9. The number of hydrogen-bond donors (Lipinski definition) is 2. The molecule has 0 unspecified atom stereocenters. The highest BCUT2D eigenvalue weighted by Gasteiger charge is 2.30. The highest BCUT2D eigenvalue weighted by Crippen LogP contribution is 2.30. The maximum Gasteiger partial charge on any atom is 0.312 e. The average Bonchev–Trinajstić information content (AvgIpc) is 3.11. The molecule has 3 rings (SSSR count). The SMILES string of the molecule is Nc1nnc(CN(CC2CCC(S(N)(=O)=O)CC2)C(=O)CSc2ccccc2Cl)o1. The van der Waals surface area contributed by atoms with Crippen LogP contribution in [0.15, 0.2) is 33.6 Å². The van der Waals surface area contributed by atoms with Gasteiger partial charge < -0.3 is 15.1 Å². The third-order valence-corrected chi connectivity index (χ3v) is 7.99. The molecule has 0 aliphatic heterocycles. The van der Waals surface area contributed by atoms with Gasteiger partial charge in [-0.15, -0.1) is 16.9 Å². The number of nitrogens with zero attached hydrogens (tertiary/aromatic N) is 3. The van der Waals surface area contributed by atoms with Crippen LogP contribution >= 0.6 is 23.4 Å². The summed E-state index contributed by atoms with van der Waals surface area (Å²) in [7, 11) is -3.53. The second kappa shape index (κ2) is 9.99. The Kier molecular flexibility index (Phi) is 7.61. The number of primary sulfonamides is 1. The molecule has 1 aliphatic carbocycles. The van der Waals surface area contributed by atoms with E-state index in [1.165, 1.54) is 11.8 Å². The zero-order valence-corrected chi connectivity index (χ0v) is 18.6. The highest BCUT2D eigenvalue weighted by atomic mass is 35.5. The third kappa shape index (κ3) is 6.34. The second-order valence-electron chi connectivity index (χ2n) is 7.26. The topological polar surface area (TPSA) is 145 Å². The van der Waals surface area contributed by atoms with Crippen molar-refractivity contribution < 1.29 is 17.6 Å². The van der Waals surface area contributed by atoms with E-state index in [1.54, 1.807) is 11.0 Å². The van der Waals surface area contributed by atoms with Crippen LogP contribution in [0.1, 0.15) is 31.6 Å². The van der Waals surface area contributed by atoms with E-state index in [0.717, 1.165) is 4.90 Å². The van der Waals surface area contributed by atoms with Gasteiger partial charge in [-0.05, 0) is 43.7 Å². The van der Waals surface area contributed by atoms with Crippen molar-refractivity contribution in [3.63, 3.8) is 0 Å². The molecule has 1 aromatic carbocycles. The van der Waals surface area contributed by atoms with Gasteiger partial charge in [-0.1, -0.05) is 28.8 Å². The molecule has 1 amide bonds. The molecule has 1 saturated carbocycles. The molecule has 12 heteroatoms. The van der Waals surface area contributed by atoms with Crippen LogP contribution in [-0.4, -0.2) is 47.0 Å². The Balaban J connectivity index is 1.64. The first-order valence-electron chi connectivity index (χ1n) is 9.47. The number of sulfonamides is 1.